The molecule has 20 N–H and O–H groups in total. The van der Waals surface area contributed by atoms with Crippen molar-refractivity contribution in [1.82, 2.24) is 52.3 Å². The highest BCUT2D eigenvalue weighted by atomic mass is 32.2. The van der Waals surface area contributed by atoms with E-state index in [1.165, 1.54) is 28.7 Å². The van der Waals surface area contributed by atoms with E-state index < -0.39 is 170 Å². The number of amides is 12. The van der Waals surface area contributed by atoms with Gasteiger partial charge in [-0.3, -0.25) is 62.5 Å². The Morgan fingerprint density at radius 1 is 0.562 bits per heavy atom. The lowest BCUT2D eigenvalue weighted by atomic mass is 10.0. The van der Waals surface area contributed by atoms with Gasteiger partial charge < -0.3 is 91.5 Å². The number of thioether (sulfide) groups is 1. The van der Waals surface area contributed by atoms with Crippen LogP contribution in [0.25, 0.3) is 0 Å². The SMILES string of the molecule is COC(=O)[C@H](CCSC)NC(=O)[C@H](CC(C)C)NC(=O)CNC(=O)[C@H](Cc1ccccc1)NC(=O)[C@H](Cc1ccccc1)NC(=O)[C@H](CCC(N)=O)NC(=O)[C@H](CCC(N)=O)NC(=O)[C@@H]1CCCN1C(=O)[C@H](CCCCN)NC(=O)[C@@H]1CCCN1C(=O)[C@@H](N)CCCN=C(N)N. The summed E-state index contributed by atoms with van der Waals surface area (Å²) in [5.74, 6) is -9.69. The van der Waals surface area contributed by atoms with E-state index in [4.69, 9.17) is 39.1 Å². The molecule has 12 amide bonds. The Labute approximate surface area is 564 Å². The molecule has 0 bridgehead atoms. The molecular formula is C64H99N17O14S. The fourth-order valence-corrected chi connectivity index (χ4v) is 11.6. The van der Waals surface area contributed by atoms with E-state index in [-0.39, 0.29) is 83.0 Å². The van der Waals surface area contributed by atoms with Crippen molar-refractivity contribution in [3.8, 4) is 0 Å². The van der Waals surface area contributed by atoms with Gasteiger partial charge in [0.1, 0.15) is 54.4 Å². The third kappa shape index (κ3) is 27.4. The van der Waals surface area contributed by atoms with Crippen LogP contribution in [0.5, 0.6) is 0 Å². The topological polar surface area (TPSA) is 502 Å². The molecule has 0 spiro atoms. The summed E-state index contributed by atoms with van der Waals surface area (Å²) in [7, 11) is 1.20. The molecule has 2 fully saturated rings. The van der Waals surface area contributed by atoms with Gasteiger partial charge in [-0.25, -0.2) is 4.79 Å². The quantitative estimate of drug-likeness (QED) is 0.0136. The number of carbonyl (C=O) groups excluding carboxylic acids is 13. The van der Waals surface area contributed by atoms with E-state index in [2.05, 4.69) is 47.5 Å². The monoisotopic (exact) mass is 1360 g/mol. The Morgan fingerprint density at radius 2 is 1.04 bits per heavy atom. The molecule has 2 heterocycles. The number of benzene rings is 2. The summed E-state index contributed by atoms with van der Waals surface area (Å²) in [5, 5.41) is 21.2. The Hall–Kier alpha value is -8.91. The molecule has 31 nitrogen and oxygen atoms in total. The van der Waals surface area contributed by atoms with Crippen LogP contribution in [0.15, 0.2) is 65.7 Å². The van der Waals surface area contributed by atoms with Gasteiger partial charge in [0.2, 0.25) is 70.9 Å². The predicted octanol–water partition coefficient (Wildman–Crippen LogP) is -3.02. The van der Waals surface area contributed by atoms with Crippen molar-refractivity contribution in [1.29, 1.82) is 0 Å². The van der Waals surface area contributed by atoms with Crippen LogP contribution >= 0.6 is 11.8 Å². The summed E-state index contributed by atoms with van der Waals surface area (Å²) >= 11 is 1.46. The Kier molecular flexibility index (Phi) is 34.6. The zero-order valence-electron chi connectivity index (χ0n) is 55.3. The molecule has 2 aliphatic heterocycles. The Morgan fingerprint density at radius 3 is 1.54 bits per heavy atom. The third-order valence-electron chi connectivity index (χ3n) is 16.2. The number of ether oxygens (including phenoxy) is 1. The van der Waals surface area contributed by atoms with Crippen molar-refractivity contribution >= 4 is 94.6 Å². The number of unbranched alkanes of at least 4 members (excludes halogenated alkanes) is 1. The molecule has 0 radical (unpaired) electrons. The number of hydrogen-bond donors (Lipinski definition) is 14. The molecule has 2 aromatic carbocycles. The maximum absolute atomic E-state index is 14.7. The number of guanidine groups is 1. The van der Waals surface area contributed by atoms with Gasteiger partial charge in [-0.15, -0.1) is 0 Å². The Balaban J connectivity index is 1.57. The highest BCUT2D eigenvalue weighted by molar-refractivity contribution is 7.98. The summed E-state index contributed by atoms with van der Waals surface area (Å²) in [4.78, 5) is 185. The Bertz CT molecular complexity index is 2980. The zero-order chi connectivity index (χ0) is 70.9. The second-order valence-electron chi connectivity index (χ2n) is 24.2. The number of likely N-dealkylation sites (tertiary alicyclic amines) is 2. The van der Waals surface area contributed by atoms with Gasteiger partial charge in [0, 0.05) is 45.3 Å². The largest absolute Gasteiger partial charge is 0.467 e. The van der Waals surface area contributed by atoms with Crippen LogP contribution in [0.2, 0.25) is 0 Å². The lowest BCUT2D eigenvalue weighted by Gasteiger charge is -2.32. The minimum Gasteiger partial charge on any atom is -0.467 e. The van der Waals surface area contributed by atoms with Crippen LogP contribution in [0.1, 0.15) is 121 Å². The van der Waals surface area contributed by atoms with E-state index in [0.29, 0.717) is 55.4 Å². The maximum Gasteiger partial charge on any atom is 0.328 e. The summed E-state index contributed by atoms with van der Waals surface area (Å²) < 4.78 is 4.88. The number of primary amides is 2. The number of esters is 1. The van der Waals surface area contributed by atoms with E-state index in [1.807, 2.05) is 20.1 Å². The third-order valence-corrected chi connectivity index (χ3v) is 16.8. The van der Waals surface area contributed by atoms with Crippen molar-refractivity contribution < 1.29 is 67.1 Å². The average Bonchev–Trinajstić information content (AvgIpc) is 1.63. The second kappa shape index (κ2) is 41.8. The number of carbonyl (C=O) groups is 13. The van der Waals surface area contributed by atoms with Crippen LogP contribution in [-0.2, 0) is 79.9 Å². The fourth-order valence-electron chi connectivity index (χ4n) is 11.1. The van der Waals surface area contributed by atoms with Gasteiger partial charge in [-0.1, -0.05) is 74.5 Å². The fraction of sp³-hybridized carbons (Fsp3) is 0.594. The highest BCUT2D eigenvalue weighted by Crippen LogP contribution is 2.24. The first-order valence-electron chi connectivity index (χ1n) is 32.5. The summed E-state index contributed by atoms with van der Waals surface area (Å²) in [5.41, 5.74) is 35.1. The standard InChI is InChI=1S/C64H99N17O14S/c1-38(2)34-46(57(88)77-45(28-33-96-4)63(94)95-3)73-53(84)37-72-54(85)47(35-39-16-7-5-8-17-39)78-58(89)48(36-40-18-9-6-10-19-40)79-56(87)42(24-26-51(67)82)74-55(86)43(25-27-52(68)83)75-59(90)50-23-15-32-81(50)62(93)44(21-11-12-29-65)76-60(91)49-22-14-31-80(49)61(92)41(66)20-13-30-71-64(69)70/h5-10,16-19,38,41-50H,11-15,20-37,65-66H2,1-4H3,(H2,67,82)(H2,68,83)(H,72,85)(H,73,84)(H,74,86)(H,75,90)(H,76,91)(H,77,88)(H,78,89)(H,79,87)(H4,69,70,71)/t41-,42-,43-,44-,45-,46-,47-,48-,49-,50-/m0/s1. The average molecular weight is 1360 g/mol. The maximum atomic E-state index is 14.7. The van der Waals surface area contributed by atoms with Gasteiger partial charge in [0.05, 0.1) is 19.7 Å². The molecule has 32 heteroatoms. The van der Waals surface area contributed by atoms with Crippen LogP contribution in [0, 0.1) is 5.92 Å². The summed E-state index contributed by atoms with van der Waals surface area (Å²) in [6, 6.07) is 4.54. The molecule has 10 atom stereocenters. The first-order valence-corrected chi connectivity index (χ1v) is 33.9. The van der Waals surface area contributed by atoms with Crippen molar-refractivity contribution in [2.45, 2.75) is 183 Å². The number of rotatable bonds is 42. The number of aliphatic imine (C=N–C) groups is 1. The molecule has 530 valence electrons. The highest BCUT2D eigenvalue weighted by Gasteiger charge is 2.42. The molecule has 2 saturated heterocycles. The van der Waals surface area contributed by atoms with E-state index in [0.717, 1.165) is 0 Å². The molecule has 96 heavy (non-hydrogen) atoms. The summed E-state index contributed by atoms with van der Waals surface area (Å²) in [6.07, 6.45) is 3.15. The second-order valence-corrected chi connectivity index (χ2v) is 25.2. The smallest absolute Gasteiger partial charge is 0.328 e. The minimum atomic E-state index is -1.64. The molecule has 0 saturated carbocycles. The normalized spacial score (nSPS) is 16.7. The number of methoxy groups -OCH3 is 1. The number of nitrogens with two attached hydrogens (primary N) is 6. The first-order chi connectivity index (χ1) is 45.8. The molecule has 2 aliphatic rings. The van der Waals surface area contributed by atoms with Gasteiger partial charge in [0.25, 0.3) is 0 Å². The number of nitrogens with one attached hydrogen (secondary N) is 8. The lowest BCUT2D eigenvalue weighted by molar-refractivity contribution is -0.145. The van der Waals surface area contributed by atoms with Crippen molar-refractivity contribution in [2.75, 3.05) is 51.8 Å². The predicted molar refractivity (Wildman–Crippen MR) is 358 cm³/mol. The molecule has 2 aromatic rings. The van der Waals surface area contributed by atoms with Gasteiger partial charge in [-0.05, 0) is 119 Å². The van der Waals surface area contributed by atoms with Gasteiger partial charge in [0.15, 0.2) is 5.96 Å². The van der Waals surface area contributed by atoms with Crippen LogP contribution in [0.4, 0.5) is 0 Å². The lowest BCUT2D eigenvalue weighted by Crippen LogP contribution is -2.60. The molecule has 0 unspecified atom stereocenters. The van der Waals surface area contributed by atoms with Crippen molar-refractivity contribution in [3.05, 3.63) is 71.8 Å². The van der Waals surface area contributed by atoms with E-state index in [9.17, 15) is 62.3 Å². The molecular weight excluding hydrogens is 1260 g/mol. The van der Waals surface area contributed by atoms with Crippen LogP contribution in [-0.4, -0.2) is 205 Å². The zero-order valence-corrected chi connectivity index (χ0v) is 56.1. The van der Waals surface area contributed by atoms with Crippen LogP contribution < -0.4 is 76.9 Å². The van der Waals surface area contributed by atoms with Crippen LogP contribution in [0.3, 0.4) is 0 Å². The van der Waals surface area contributed by atoms with Crippen molar-refractivity contribution in [3.63, 3.8) is 0 Å². The van der Waals surface area contributed by atoms with Gasteiger partial charge >= 0.3 is 5.97 Å². The van der Waals surface area contributed by atoms with E-state index in [1.54, 1.807) is 60.7 Å². The van der Waals surface area contributed by atoms with Gasteiger partial charge in [-0.2, -0.15) is 11.8 Å². The summed E-state index contributed by atoms with van der Waals surface area (Å²) in [6.45, 7) is 3.88. The van der Waals surface area contributed by atoms with Crippen molar-refractivity contribution in [2.24, 2.45) is 45.3 Å². The molecule has 0 aliphatic carbocycles. The minimum absolute atomic E-state index is 0.0737. The number of nitrogens with zero attached hydrogens (tertiary/aromatic N) is 3. The number of hydrogen-bond acceptors (Lipinski definition) is 18. The van der Waals surface area contributed by atoms with E-state index >= 15 is 0 Å². The first kappa shape index (κ1) is 79.5. The molecule has 4 rings (SSSR count). The molecule has 0 aromatic heterocycles.